The molecule has 11 heteroatoms. The zero-order valence-corrected chi connectivity index (χ0v) is 32.0. The van der Waals surface area contributed by atoms with Crippen LogP contribution >= 0.6 is 0 Å². The smallest absolute Gasteiger partial charge is 0.261 e. The molecule has 0 aromatic heterocycles. The predicted octanol–water partition coefficient (Wildman–Crippen LogP) is 8.08. The molecule has 0 N–H and O–H groups in total. The number of nitrogens with zero attached hydrogens (tertiary/aromatic N) is 4. The van der Waals surface area contributed by atoms with E-state index in [9.17, 15) is 9.59 Å². The third-order valence-electron chi connectivity index (χ3n) is 10.5. The summed E-state index contributed by atoms with van der Waals surface area (Å²) in [4.78, 5) is 41.0. The molecule has 0 saturated heterocycles. The molecule has 8 rings (SSSR count). The third kappa shape index (κ3) is 7.16. The molecule has 4 aromatic rings. The molecule has 11 nitrogen and oxygen atoms in total. The van der Waals surface area contributed by atoms with Gasteiger partial charge in [-0.3, -0.25) is 29.4 Å². The third-order valence-corrected chi connectivity index (χ3v) is 10.5. The number of para-hydroxylation sites is 1. The van der Waals surface area contributed by atoms with E-state index in [0.717, 1.165) is 40.9 Å². The van der Waals surface area contributed by atoms with Crippen LogP contribution in [-0.2, 0) is 24.2 Å². The molecule has 4 aromatic carbocycles. The maximum absolute atomic E-state index is 14.1. The first-order chi connectivity index (χ1) is 26.6. The topological polar surface area (TPSA) is 111 Å². The number of methoxy groups -OCH3 is 2. The number of hydrogen-bond acceptors (Lipinski definition) is 9. The van der Waals surface area contributed by atoms with Gasteiger partial charge in [0.2, 0.25) is 0 Å². The van der Waals surface area contributed by atoms with Crippen molar-refractivity contribution in [2.45, 2.75) is 65.1 Å². The van der Waals surface area contributed by atoms with Crippen LogP contribution < -0.4 is 28.7 Å². The van der Waals surface area contributed by atoms with Crippen molar-refractivity contribution in [1.82, 2.24) is 0 Å². The summed E-state index contributed by atoms with van der Waals surface area (Å²) in [6, 6.07) is 20.8. The van der Waals surface area contributed by atoms with E-state index in [0.29, 0.717) is 84.8 Å². The summed E-state index contributed by atoms with van der Waals surface area (Å²) in [5.41, 5.74) is 7.26. The Morgan fingerprint density at radius 1 is 0.673 bits per heavy atom. The highest BCUT2D eigenvalue weighted by atomic mass is 16.5. The van der Waals surface area contributed by atoms with Gasteiger partial charge in [0.05, 0.1) is 68.6 Å². The second-order valence-electron chi connectivity index (χ2n) is 15.5. The SMILES string of the molecule is COc1cc2c(cc1OCCCOc1cc3c(cc1OC)C(=O)N1c4cc(COCCC(C)(C)C)ccc4C[C@H]1C=N3)N=C[C@@H]1Cc3ccccc3N1C2=O. The Morgan fingerprint density at radius 3 is 1.82 bits per heavy atom. The van der Waals surface area contributed by atoms with Crippen LogP contribution in [0.15, 0.2) is 76.7 Å². The standard InChI is InChI=1S/C44H46N4O7/c1-44(2,3)13-16-53-26-27-11-12-29-19-31-25-46-35-23-41(39(52-5)21-33(35)43(50)48(31)37(29)17-27)55-15-8-14-54-40-22-34-32(20-38(40)51-4)42(49)47-30(24-45-34)18-28-9-6-7-10-36(28)47/h6-7,9-12,17,20-25,30-31H,8,13-16,18-19,26H2,1-5H3/t30-,31-/m0/s1. The predicted molar refractivity (Wildman–Crippen MR) is 213 cm³/mol. The number of fused-ring (bicyclic) bond motifs is 8. The van der Waals surface area contributed by atoms with Crippen molar-refractivity contribution in [3.8, 4) is 23.0 Å². The van der Waals surface area contributed by atoms with E-state index >= 15 is 0 Å². The van der Waals surface area contributed by atoms with Crippen molar-refractivity contribution in [1.29, 1.82) is 0 Å². The van der Waals surface area contributed by atoms with Crippen LogP contribution in [0.3, 0.4) is 0 Å². The van der Waals surface area contributed by atoms with Crippen molar-refractivity contribution in [3.63, 3.8) is 0 Å². The largest absolute Gasteiger partial charge is 0.493 e. The van der Waals surface area contributed by atoms with Gasteiger partial charge in [0.15, 0.2) is 23.0 Å². The molecule has 4 heterocycles. The molecule has 2 atom stereocenters. The Kier molecular flexibility index (Phi) is 9.81. The molecule has 0 bridgehead atoms. The molecule has 4 aliphatic rings. The highest BCUT2D eigenvalue weighted by Crippen LogP contribution is 2.43. The summed E-state index contributed by atoms with van der Waals surface area (Å²) in [5.74, 6) is 1.63. The average Bonchev–Trinajstić information content (AvgIpc) is 3.66. The molecule has 0 aliphatic carbocycles. The monoisotopic (exact) mass is 742 g/mol. The number of anilines is 2. The Hall–Kier alpha value is -5.68. The van der Waals surface area contributed by atoms with Gasteiger partial charge in [-0.25, -0.2) is 0 Å². The van der Waals surface area contributed by atoms with Gasteiger partial charge >= 0.3 is 0 Å². The van der Waals surface area contributed by atoms with Gasteiger partial charge in [-0.2, -0.15) is 0 Å². The fraction of sp³-hybridized carbons (Fsp3) is 0.364. The molecule has 55 heavy (non-hydrogen) atoms. The summed E-state index contributed by atoms with van der Waals surface area (Å²) in [6.07, 6.45) is 6.60. The first kappa shape index (κ1) is 36.3. The average molecular weight is 743 g/mol. The van der Waals surface area contributed by atoms with E-state index in [1.165, 1.54) is 0 Å². The van der Waals surface area contributed by atoms with E-state index in [-0.39, 0.29) is 29.3 Å². The highest BCUT2D eigenvalue weighted by Gasteiger charge is 2.38. The second-order valence-corrected chi connectivity index (χ2v) is 15.5. The summed E-state index contributed by atoms with van der Waals surface area (Å²) in [6.45, 7) is 8.42. The normalized spacial score (nSPS) is 17.8. The van der Waals surface area contributed by atoms with Crippen molar-refractivity contribution in [3.05, 3.63) is 94.5 Å². The number of carbonyl (C=O) groups excluding carboxylic acids is 2. The maximum Gasteiger partial charge on any atom is 0.261 e. The van der Waals surface area contributed by atoms with Crippen molar-refractivity contribution in [2.24, 2.45) is 15.4 Å². The first-order valence-electron chi connectivity index (χ1n) is 18.8. The van der Waals surface area contributed by atoms with Crippen LogP contribution in [0.1, 0.15) is 71.0 Å². The van der Waals surface area contributed by atoms with Gasteiger partial charge in [-0.15, -0.1) is 0 Å². The Morgan fingerprint density at radius 2 is 1.24 bits per heavy atom. The van der Waals surface area contributed by atoms with Gasteiger partial charge < -0.3 is 23.7 Å². The lowest BCUT2D eigenvalue weighted by molar-refractivity contribution is 0.0959. The van der Waals surface area contributed by atoms with E-state index < -0.39 is 0 Å². The minimum Gasteiger partial charge on any atom is -0.493 e. The second kappa shape index (κ2) is 14.9. The van der Waals surface area contributed by atoms with Gasteiger partial charge in [-0.1, -0.05) is 51.1 Å². The van der Waals surface area contributed by atoms with E-state index in [1.807, 2.05) is 46.5 Å². The molecule has 2 amide bonds. The quantitative estimate of drug-likeness (QED) is 0.135. The van der Waals surface area contributed by atoms with Crippen molar-refractivity contribution < 1.29 is 33.3 Å². The summed E-state index contributed by atoms with van der Waals surface area (Å²) in [5, 5.41) is 0. The van der Waals surface area contributed by atoms with Crippen LogP contribution in [0, 0.1) is 5.41 Å². The van der Waals surface area contributed by atoms with E-state index in [2.05, 4.69) is 39.0 Å². The van der Waals surface area contributed by atoms with Gasteiger partial charge in [0.1, 0.15) is 0 Å². The summed E-state index contributed by atoms with van der Waals surface area (Å²) < 4.78 is 29.6. The lowest BCUT2D eigenvalue weighted by Crippen LogP contribution is -2.37. The number of benzene rings is 4. The lowest BCUT2D eigenvalue weighted by atomic mass is 9.93. The Bertz CT molecular complexity index is 2210. The number of carbonyl (C=O) groups is 2. The number of hydrogen-bond donors (Lipinski definition) is 0. The number of ether oxygens (including phenoxy) is 5. The molecule has 0 spiro atoms. The molecule has 4 aliphatic heterocycles. The molecular weight excluding hydrogens is 697 g/mol. The number of rotatable bonds is 12. The van der Waals surface area contributed by atoms with Crippen LogP contribution in [0.4, 0.5) is 22.7 Å². The molecule has 0 radical (unpaired) electrons. The van der Waals surface area contributed by atoms with Gasteiger partial charge in [0, 0.05) is 61.8 Å². The van der Waals surface area contributed by atoms with Crippen LogP contribution in [0.25, 0.3) is 0 Å². The molecule has 284 valence electrons. The minimum atomic E-state index is -0.192. The summed E-state index contributed by atoms with van der Waals surface area (Å²) in [7, 11) is 3.11. The minimum absolute atomic E-state index is 0.117. The van der Waals surface area contributed by atoms with E-state index in [4.69, 9.17) is 33.7 Å². The van der Waals surface area contributed by atoms with Crippen LogP contribution in [0.5, 0.6) is 23.0 Å². The summed E-state index contributed by atoms with van der Waals surface area (Å²) >= 11 is 0. The highest BCUT2D eigenvalue weighted by molar-refractivity contribution is 6.15. The molecule has 0 saturated carbocycles. The van der Waals surface area contributed by atoms with Crippen LogP contribution in [-0.4, -0.2) is 70.4 Å². The number of aliphatic imine (C=N–C) groups is 2. The van der Waals surface area contributed by atoms with Crippen molar-refractivity contribution >= 4 is 47.0 Å². The first-order valence-corrected chi connectivity index (χ1v) is 18.8. The van der Waals surface area contributed by atoms with Gasteiger partial charge in [0.25, 0.3) is 11.8 Å². The van der Waals surface area contributed by atoms with Crippen molar-refractivity contribution in [2.75, 3.05) is 43.8 Å². The lowest BCUT2D eigenvalue weighted by Gasteiger charge is -2.22. The van der Waals surface area contributed by atoms with E-state index in [1.54, 1.807) is 38.5 Å². The molecule has 0 unspecified atom stereocenters. The maximum atomic E-state index is 14.1. The molecule has 0 fully saturated rings. The zero-order valence-electron chi connectivity index (χ0n) is 32.0. The van der Waals surface area contributed by atoms with Gasteiger partial charge in [-0.05, 0) is 52.8 Å². The van der Waals surface area contributed by atoms with Crippen LogP contribution in [0.2, 0.25) is 0 Å². The number of amides is 2. The zero-order chi connectivity index (χ0) is 38.3. The molecular formula is C44H46N4O7. The fourth-order valence-electron chi connectivity index (χ4n) is 7.55. The fourth-order valence-corrected chi connectivity index (χ4v) is 7.55. The Labute approximate surface area is 321 Å². The Balaban J connectivity index is 0.913.